The van der Waals surface area contributed by atoms with E-state index in [-0.39, 0.29) is 11.5 Å². The average Bonchev–Trinajstić information content (AvgIpc) is 2.76. The molecule has 0 saturated carbocycles. The van der Waals surface area contributed by atoms with E-state index in [1.807, 2.05) is 6.92 Å². The molecule has 17 heavy (non-hydrogen) atoms. The Balaban J connectivity index is 2.61. The Kier molecular flexibility index (Phi) is 2.54. The first-order chi connectivity index (χ1) is 8.11. The number of hydrogen-bond donors (Lipinski definition) is 0. The summed E-state index contributed by atoms with van der Waals surface area (Å²) in [7, 11) is 0. The standard InChI is InChI=1S/C10H7N5O2/c1-7-2-3-8(15(16)17)9(4-7)14-6-12-10(5-11)13-14/h2-4,6H,1H3. The highest BCUT2D eigenvalue weighted by Gasteiger charge is 2.16. The molecule has 0 aliphatic rings. The third-order valence-electron chi connectivity index (χ3n) is 2.17. The van der Waals surface area contributed by atoms with Crippen molar-refractivity contribution in [1.29, 1.82) is 5.26 Å². The van der Waals surface area contributed by atoms with Gasteiger partial charge in [-0.25, -0.2) is 9.67 Å². The molecule has 7 nitrogen and oxygen atoms in total. The highest BCUT2D eigenvalue weighted by atomic mass is 16.6. The highest BCUT2D eigenvalue weighted by Crippen LogP contribution is 2.22. The number of aryl methyl sites for hydroxylation is 1. The van der Waals surface area contributed by atoms with Gasteiger partial charge in [0.15, 0.2) is 0 Å². The second-order valence-electron chi connectivity index (χ2n) is 3.37. The highest BCUT2D eigenvalue weighted by molar-refractivity contribution is 5.53. The van der Waals surface area contributed by atoms with Crippen molar-refractivity contribution in [2.24, 2.45) is 0 Å². The zero-order valence-electron chi connectivity index (χ0n) is 8.86. The van der Waals surface area contributed by atoms with E-state index >= 15 is 0 Å². The number of nitro groups is 1. The van der Waals surface area contributed by atoms with E-state index < -0.39 is 4.92 Å². The fraction of sp³-hybridized carbons (Fsp3) is 0.100. The summed E-state index contributed by atoms with van der Waals surface area (Å²) in [6, 6.07) is 6.43. The average molecular weight is 229 g/mol. The van der Waals surface area contributed by atoms with Gasteiger partial charge in [-0.2, -0.15) is 5.26 Å². The summed E-state index contributed by atoms with van der Waals surface area (Å²) in [5.41, 5.74) is 1.08. The van der Waals surface area contributed by atoms with Gasteiger partial charge in [-0.15, -0.1) is 5.10 Å². The molecule has 84 valence electrons. The molecule has 0 amide bonds. The molecule has 0 fully saturated rings. The van der Waals surface area contributed by atoms with Crippen molar-refractivity contribution >= 4 is 5.69 Å². The topological polar surface area (TPSA) is 97.6 Å². The van der Waals surface area contributed by atoms with Gasteiger partial charge in [0.25, 0.3) is 11.5 Å². The van der Waals surface area contributed by atoms with Gasteiger partial charge in [-0.1, -0.05) is 6.07 Å². The first-order valence-corrected chi connectivity index (χ1v) is 4.69. The van der Waals surface area contributed by atoms with E-state index in [4.69, 9.17) is 5.26 Å². The molecule has 0 spiro atoms. The van der Waals surface area contributed by atoms with Crippen LogP contribution >= 0.6 is 0 Å². The Morgan fingerprint density at radius 3 is 2.88 bits per heavy atom. The molecule has 0 saturated heterocycles. The number of hydrogen-bond acceptors (Lipinski definition) is 5. The molecule has 7 heteroatoms. The third-order valence-corrected chi connectivity index (χ3v) is 2.17. The zero-order chi connectivity index (χ0) is 12.4. The summed E-state index contributed by atoms with van der Waals surface area (Å²) >= 11 is 0. The van der Waals surface area contributed by atoms with Crippen LogP contribution in [0.15, 0.2) is 24.5 Å². The van der Waals surface area contributed by atoms with Crippen molar-refractivity contribution in [1.82, 2.24) is 14.8 Å². The lowest BCUT2D eigenvalue weighted by molar-refractivity contribution is -0.384. The molecule has 0 aliphatic heterocycles. The van der Waals surface area contributed by atoms with E-state index in [1.165, 1.54) is 17.1 Å². The van der Waals surface area contributed by atoms with Crippen LogP contribution < -0.4 is 0 Å². The maximum Gasteiger partial charge on any atom is 0.294 e. The smallest absolute Gasteiger partial charge is 0.258 e. The molecular formula is C10H7N5O2. The van der Waals surface area contributed by atoms with Gasteiger partial charge in [0.1, 0.15) is 18.1 Å². The molecule has 2 rings (SSSR count). The maximum absolute atomic E-state index is 10.9. The van der Waals surface area contributed by atoms with Crippen molar-refractivity contribution in [2.45, 2.75) is 6.92 Å². The number of benzene rings is 1. The Morgan fingerprint density at radius 2 is 2.29 bits per heavy atom. The first-order valence-electron chi connectivity index (χ1n) is 4.69. The Morgan fingerprint density at radius 1 is 1.53 bits per heavy atom. The molecule has 0 aliphatic carbocycles. The van der Waals surface area contributed by atoms with Crippen LogP contribution in [-0.2, 0) is 0 Å². The van der Waals surface area contributed by atoms with Crippen LogP contribution in [0.1, 0.15) is 11.4 Å². The monoisotopic (exact) mass is 229 g/mol. The molecule has 2 aromatic rings. The second-order valence-corrected chi connectivity index (χ2v) is 3.37. The number of rotatable bonds is 2. The van der Waals surface area contributed by atoms with Crippen LogP contribution in [0.4, 0.5) is 5.69 Å². The Bertz CT molecular complexity index is 626. The minimum absolute atomic E-state index is 0.0270. The van der Waals surface area contributed by atoms with Crippen LogP contribution in [0.3, 0.4) is 0 Å². The maximum atomic E-state index is 10.9. The minimum Gasteiger partial charge on any atom is -0.258 e. The van der Waals surface area contributed by atoms with Crippen molar-refractivity contribution < 1.29 is 4.92 Å². The van der Waals surface area contributed by atoms with Gasteiger partial charge < -0.3 is 0 Å². The molecule has 1 aromatic carbocycles. The molecule has 0 radical (unpaired) electrons. The van der Waals surface area contributed by atoms with Crippen LogP contribution in [0.25, 0.3) is 5.69 Å². The fourth-order valence-corrected chi connectivity index (χ4v) is 1.40. The molecule has 0 atom stereocenters. The third kappa shape index (κ3) is 1.96. The largest absolute Gasteiger partial charge is 0.294 e. The van der Waals surface area contributed by atoms with Crippen molar-refractivity contribution in [3.8, 4) is 11.8 Å². The van der Waals surface area contributed by atoms with Gasteiger partial charge in [0.2, 0.25) is 0 Å². The minimum atomic E-state index is -0.498. The van der Waals surface area contributed by atoms with E-state index in [0.29, 0.717) is 5.69 Å². The molecule has 0 unspecified atom stereocenters. The summed E-state index contributed by atoms with van der Waals surface area (Å²) in [6.07, 6.45) is 1.28. The lowest BCUT2D eigenvalue weighted by atomic mass is 10.2. The molecule has 1 aromatic heterocycles. The number of nitro benzene ring substituents is 1. The summed E-state index contributed by atoms with van der Waals surface area (Å²) in [5, 5.41) is 23.3. The zero-order valence-corrected chi connectivity index (χ0v) is 8.86. The van der Waals surface area contributed by atoms with E-state index in [2.05, 4.69) is 10.1 Å². The predicted molar refractivity (Wildman–Crippen MR) is 57.5 cm³/mol. The van der Waals surface area contributed by atoms with Gasteiger partial charge >= 0.3 is 0 Å². The quantitative estimate of drug-likeness (QED) is 0.571. The van der Waals surface area contributed by atoms with Gasteiger partial charge in [-0.3, -0.25) is 10.1 Å². The fourth-order valence-electron chi connectivity index (χ4n) is 1.40. The van der Waals surface area contributed by atoms with Crippen molar-refractivity contribution in [3.63, 3.8) is 0 Å². The lowest BCUT2D eigenvalue weighted by Crippen LogP contribution is -2.01. The summed E-state index contributed by atoms with van der Waals surface area (Å²) < 4.78 is 1.23. The van der Waals surface area contributed by atoms with Crippen LogP contribution in [0.2, 0.25) is 0 Å². The van der Waals surface area contributed by atoms with E-state index in [1.54, 1.807) is 18.2 Å². The summed E-state index contributed by atoms with van der Waals surface area (Å²) in [4.78, 5) is 14.1. The number of aromatic nitrogens is 3. The summed E-state index contributed by atoms with van der Waals surface area (Å²) in [6.45, 7) is 1.81. The van der Waals surface area contributed by atoms with Crippen LogP contribution in [0.5, 0.6) is 0 Å². The van der Waals surface area contributed by atoms with E-state index in [0.717, 1.165) is 5.56 Å². The normalized spacial score (nSPS) is 9.88. The van der Waals surface area contributed by atoms with Gasteiger partial charge in [-0.05, 0) is 18.6 Å². The second kappa shape index (κ2) is 4.02. The van der Waals surface area contributed by atoms with E-state index in [9.17, 15) is 10.1 Å². The molecule has 0 bridgehead atoms. The van der Waals surface area contributed by atoms with Crippen molar-refractivity contribution in [3.05, 3.63) is 46.0 Å². The number of nitrogens with zero attached hydrogens (tertiary/aromatic N) is 5. The molecule has 1 heterocycles. The SMILES string of the molecule is Cc1ccc([N+](=O)[O-])c(-n2cnc(C#N)n2)c1. The Hall–Kier alpha value is -2.75. The van der Waals surface area contributed by atoms with Gasteiger partial charge in [0, 0.05) is 6.07 Å². The Labute approximate surface area is 96.1 Å². The first kappa shape index (κ1) is 10.8. The summed E-state index contributed by atoms with van der Waals surface area (Å²) in [5.74, 6) is -0.0270. The predicted octanol–water partition coefficient (Wildman–Crippen LogP) is 1.36. The molecule has 0 N–H and O–H groups in total. The number of nitriles is 1. The van der Waals surface area contributed by atoms with Crippen molar-refractivity contribution in [2.75, 3.05) is 0 Å². The van der Waals surface area contributed by atoms with Gasteiger partial charge in [0.05, 0.1) is 4.92 Å². The lowest BCUT2D eigenvalue weighted by Gasteiger charge is -2.02. The molecular weight excluding hydrogens is 222 g/mol. The van der Waals surface area contributed by atoms with Crippen LogP contribution in [0, 0.1) is 28.4 Å². The van der Waals surface area contributed by atoms with Crippen LogP contribution in [-0.4, -0.2) is 19.7 Å².